The molecule has 2 rings (SSSR count). The summed E-state index contributed by atoms with van der Waals surface area (Å²) in [4.78, 5) is 26.0. The highest BCUT2D eigenvalue weighted by Gasteiger charge is 2.13. The zero-order valence-corrected chi connectivity index (χ0v) is 11.8. The van der Waals surface area contributed by atoms with Crippen molar-refractivity contribution in [3.8, 4) is 11.5 Å². The van der Waals surface area contributed by atoms with Crippen molar-refractivity contribution in [2.45, 2.75) is 13.5 Å². The number of pyridine rings is 1. The highest BCUT2D eigenvalue weighted by atomic mass is 127. The van der Waals surface area contributed by atoms with Gasteiger partial charge in [-0.25, -0.2) is 0 Å². The molecule has 0 spiro atoms. The van der Waals surface area contributed by atoms with E-state index in [1.165, 1.54) is 12.3 Å². The van der Waals surface area contributed by atoms with Gasteiger partial charge < -0.3 is 14.7 Å². The molecule has 5 nitrogen and oxygen atoms in total. The fourth-order valence-corrected chi connectivity index (χ4v) is 1.87. The fourth-order valence-electron chi connectivity index (χ4n) is 1.68. The van der Waals surface area contributed by atoms with Gasteiger partial charge >= 0.3 is 0 Å². The van der Waals surface area contributed by atoms with E-state index in [1.807, 2.05) is 0 Å². The molecule has 0 aliphatic rings. The van der Waals surface area contributed by atoms with Crippen molar-refractivity contribution in [3.63, 3.8) is 0 Å². The molecule has 2 aromatic rings. The molecule has 0 aliphatic carbocycles. The molecule has 0 radical (unpaired) electrons. The molecule has 0 atom stereocenters. The summed E-state index contributed by atoms with van der Waals surface area (Å²) in [7, 11) is 0. The smallest absolute Gasteiger partial charge is 0.280 e. The Labute approximate surface area is 117 Å². The van der Waals surface area contributed by atoms with Crippen LogP contribution >= 0.6 is 22.6 Å². The SMILES string of the molecule is Cc1cc(=O)c(CNC(=O)I)c(-c2ccco2)[nH]1. The lowest BCUT2D eigenvalue weighted by Crippen LogP contribution is -2.22. The van der Waals surface area contributed by atoms with Crippen molar-refractivity contribution in [1.29, 1.82) is 0 Å². The minimum Gasteiger partial charge on any atom is -0.463 e. The molecule has 0 saturated carbocycles. The lowest BCUT2D eigenvalue weighted by molar-refractivity contribution is 0.262. The van der Waals surface area contributed by atoms with E-state index in [-0.39, 0.29) is 15.9 Å². The van der Waals surface area contributed by atoms with E-state index >= 15 is 0 Å². The highest BCUT2D eigenvalue weighted by Crippen LogP contribution is 2.20. The summed E-state index contributed by atoms with van der Waals surface area (Å²) in [5, 5.41) is 2.61. The van der Waals surface area contributed by atoms with Crippen molar-refractivity contribution >= 4 is 26.5 Å². The standard InChI is InChI=1S/C12H11IN2O3/c1-7-5-9(16)8(6-14-12(13)17)11(15-7)10-3-2-4-18-10/h2-5H,6H2,1H3,(H,14,17)(H,15,16). The number of H-pyrrole nitrogens is 1. The van der Waals surface area contributed by atoms with E-state index < -0.39 is 0 Å². The second-order valence-corrected chi connectivity index (χ2v) is 4.75. The van der Waals surface area contributed by atoms with Crippen molar-refractivity contribution in [1.82, 2.24) is 10.3 Å². The predicted molar refractivity (Wildman–Crippen MR) is 75.8 cm³/mol. The largest absolute Gasteiger partial charge is 0.463 e. The van der Waals surface area contributed by atoms with Gasteiger partial charge in [0.05, 0.1) is 12.0 Å². The average Bonchev–Trinajstić information content (AvgIpc) is 2.79. The molecule has 2 heterocycles. The first kappa shape index (κ1) is 12.9. The maximum Gasteiger partial charge on any atom is 0.280 e. The summed E-state index contributed by atoms with van der Waals surface area (Å²) in [6.45, 7) is 1.97. The van der Waals surface area contributed by atoms with Crippen molar-refractivity contribution in [3.05, 3.63) is 45.9 Å². The number of hydrogen-bond donors (Lipinski definition) is 2. The van der Waals surface area contributed by atoms with Crippen LogP contribution in [0.3, 0.4) is 0 Å². The van der Waals surface area contributed by atoms with Crippen LogP contribution in [0.1, 0.15) is 11.3 Å². The lowest BCUT2D eigenvalue weighted by Gasteiger charge is -2.08. The second kappa shape index (κ2) is 5.38. The maximum atomic E-state index is 12.0. The van der Waals surface area contributed by atoms with Gasteiger partial charge in [0.15, 0.2) is 11.2 Å². The van der Waals surface area contributed by atoms with E-state index in [0.29, 0.717) is 17.0 Å². The topological polar surface area (TPSA) is 75.1 Å². The van der Waals surface area contributed by atoms with Crippen LogP contribution in [0.4, 0.5) is 4.79 Å². The number of carbonyl (C=O) groups excluding carboxylic acids is 1. The molecule has 0 saturated heterocycles. The highest BCUT2D eigenvalue weighted by molar-refractivity contribution is 14.1. The van der Waals surface area contributed by atoms with E-state index in [0.717, 1.165) is 5.69 Å². The number of aromatic nitrogens is 1. The number of amides is 1. The van der Waals surface area contributed by atoms with Crippen LogP contribution in [0, 0.1) is 6.92 Å². The van der Waals surface area contributed by atoms with Crippen molar-refractivity contribution in [2.75, 3.05) is 0 Å². The third kappa shape index (κ3) is 2.81. The summed E-state index contributed by atoms with van der Waals surface area (Å²) in [5.74, 6) is 0.577. The molecule has 0 aliphatic heterocycles. The molecule has 2 aromatic heterocycles. The number of hydrogen-bond acceptors (Lipinski definition) is 3. The molecular formula is C12H11IN2O3. The third-order valence-corrected chi connectivity index (χ3v) is 2.82. The minimum absolute atomic E-state index is 0.122. The van der Waals surface area contributed by atoms with Gasteiger partial charge in [-0.15, -0.1) is 0 Å². The first-order valence-corrected chi connectivity index (χ1v) is 6.36. The number of aromatic amines is 1. The predicted octanol–water partition coefficient (Wildman–Crippen LogP) is 2.59. The van der Waals surface area contributed by atoms with Crippen LogP contribution in [-0.4, -0.2) is 8.90 Å². The number of halogens is 1. The summed E-state index contributed by atoms with van der Waals surface area (Å²) in [6, 6.07) is 5.01. The van der Waals surface area contributed by atoms with Gasteiger partial charge in [0.2, 0.25) is 0 Å². The van der Waals surface area contributed by atoms with Gasteiger partial charge in [-0.05, 0) is 19.1 Å². The molecule has 6 heteroatoms. The van der Waals surface area contributed by atoms with Crippen LogP contribution in [0.5, 0.6) is 0 Å². The number of carbonyl (C=O) groups is 1. The van der Waals surface area contributed by atoms with Gasteiger partial charge in [0.1, 0.15) is 0 Å². The Morgan fingerprint density at radius 1 is 1.56 bits per heavy atom. The summed E-state index contributed by atoms with van der Waals surface area (Å²) < 4.78 is 5.08. The van der Waals surface area contributed by atoms with E-state index in [1.54, 1.807) is 41.6 Å². The Kier molecular flexibility index (Phi) is 3.85. The summed E-state index contributed by atoms with van der Waals surface area (Å²) in [5.41, 5.74) is 1.72. The fraction of sp³-hybridized carbons (Fsp3) is 0.167. The van der Waals surface area contributed by atoms with Crippen LogP contribution in [0.15, 0.2) is 33.7 Å². The first-order valence-electron chi connectivity index (χ1n) is 5.28. The Morgan fingerprint density at radius 2 is 2.33 bits per heavy atom. The van der Waals surface area contributed by atoms with Crippen molar-refractivity contribution < 1.29 is 9.21 Å². The first-order chi connectivity index (χ1) is 8.58. The van der Waals surface area contributed by atoms with Gasteiger partial charge in [0, 0.05) is 46.5 Å². The van der Waals surface area contributed by atoms with Gasteiger partial charge in [0.25, 0.3) is 3.91 Å². The van der Waals surface area contributed by atoms with Crippen LogP contribution in [0.25, 0.3) is 11.5 Å². The van der Waals surface area contributed by atoms with E-state index in [9.17, 15) is 9.59 Å². The normalized spacial score (nSPS) is 10.3. The molecule has 2 N–H and O–H groups in total. The van der Waals surface area contributed by atoms with E-state index in [4.69, 9.17) is 4.42 Å². The minimum atomic E-state index is -0.210. The average molecular weight is 358 g/mol. The number of furan rings is 1. The number of nitrogens with one attached hydrogen (secondary N) is 2. The molecule has 94 valence electrons. The zero-order chi connectivity index (χ0) is 13.1. The van der Waals surface area contributed by atoms with Gasteiger partial charge in [-0.2, -0.15) is 0 Å². The lowest BCUT2D eigenvalue weighted by atomic mass is 10.1. The summed E-state index contributed by atoms with van der Waals surface area (Å²) >= 11 is 1.63. The van der Waals surface area contributed by atoms with Crippen molar-refractivity contribution in [2.24, 2.45) is 0 Å². The summed E-state index contributed by atoms with van der Waals surface area (Å²) in [6.07, 6.45) is 1.54. The Bertz CT molecular complexity index is 617. The van der Waals surface area contributed by atoms with Gasteiger partial charge in [-0.3, -0.25) is 9.59 Å². The zero-order valence-electron chi connectivity index (χ0n) is 9.62. The quantitative estimate of drug-likeness (QED) is 0.503. The number of aryl methyl sites for hydroxylation is 1. The Hall–Kier alpha value is -1.57. The van der Waals surface area contributed by atoms with Crippen LogP contribution < -0.4 is 10.7 Å². The molecular weight excluding hydrogens is 347 g/mol. The Balaban J connectivity index is 2.49. The molecule has 0 aromatic carbocycles. The molecule has 0 bridgehead atoms. The van der Waals surface area contributed by atoms with Gasteiger partial charge in [-0.1, -0.05) is 0 Å². The molecule has 0 fully saturated rings. The Morgan fingerprint density at radius 3 is 2.94 bits per heavy atom. The maximum absolute atomic E-state index is 12.0. The second-order valence-electron chi connectivity index (χ2n) is 3.77. The van der Waals surface area contributed by atoms with Crippen LogP contribution in [-0.2, 0) is 6.54 Å². The molecule has 0 unspecified atom stereocenters. The number of rotatable bonds is 3. The monoisotopic (exact) mass is 358 g/mol. The third-order valence-electron chi connectivity index (χ3n) is 2.44. The van der Waals surface area contributed by atoms with E-state index in [2.05, 4.69) is 10.3 Å². The molecule has 1 amide bonds. The molecule has 18 heavy (non-hydrogen) atoms. The van der Waals surface area contributed by atoms with Crippen LogP contribution in [0.2, 0.25) is 0 Å².